The fourth-order valence-corrected chi connectivity index (χ4v) is 4.37. The van der Waals surface area contributed by atoms with Gasteiger partial charge in [0, 0.05) is 17.7 Å². The first-order valence-corrected chi connectivity index (χ1v) is 9.81. The van der Waals surface area contributed by atoms with Gasteiger partial charge >= 0.3 is 0 Å². The number of pyridine rings is 1. The lowest BCUT2D eigenvalue weighted by atomic mass is 9.84. The number of sulfonamides is 1. The zero-order valence-corrected chi connectivity index (χ0v) is 15.1. The van der Waals surface area contributed by atoms with E-state index in [1.165, 1.54) is 24.3 Å². The largest absolute Gasteiger partial charge is 0.390 e. The highest BCUT2D eigenvalue weighted by molar-refractivity contribution is 7.89. The van der Waals surface area contributed by atoms with Crippen LogP contribution in [0.4, 0.5) is 8.78 Å². The van der Waals surface area contributed by atoms with Gasteiger partial charge in [0.2, 0.25) is 10.0 Å². The number of aromatic nitrogens is 1. The average Bonchev–Trinajstić information content (AvgIpc) is 2.57. The van der Waals surface area contributed by atoms with Crippen LogP contribution >= 0.6 is 0 Å². The lowest BCUT2D eigenvalue weighted by Crippen LogP contribution is -2.42. The number of nitrogens with zero attached hydrogens (tertiary/aromatic N) is 1. The first-order chi connectivity index (χ1) is 12.2. The molecule has 8 heteroatoms. The molecule has 1 aliphatic rings. The molecule has 1 saturated carbocycles. The molecule has 1 fully saturated rings. The molecule has 5 nitrogen and oxygen atoms in total. The van der Waals surface area contributed by atoms with Gasteiger partial charge in [-0.3, -0.25) is 4.98 Å². The number of halogens is 2. The molecule has 0 aliphatic heterocycles. The fraction of sp³-hybridized carbons (Fsp3) is 0.389. The van der Waals surface area contributed by atoms with Gasteiger partial charge in [-0.25, -0.2) is 21.9 Å². The third-order valence-corrected chi connectivity index (χ3v) is 6.17. The molecule has 0 spiro atoms. The van der Waals surface area contributed by atoms with E-state index in [-0.39, 0.29) is 16.6 Å². The van der Waals surface area contributed by atoms with Crippen molar-refractivity contribution in [2.45, 2.75) is 49.1 Å². The molecule has 1 aromatic carbocycles. The maximum atomic E-state index is 13.8. The Labute approximate surface area is 151 Å². The Balaban J connectivity index is 1.75. The maximum absolute atomic E-state index is 13.8. The predicted octanol–water partition coefficient (Wildman–Crippen LogP) is 3.00. The normalized spacial score (nSPS) is 23.8. The maximum Gasteiger partial charge on any atom is 0.240 e. The van der Waals surface area contributed by atoms with Crippen molar-refractivity contribution in [1.82, 2.24) is 9.71 Å². The van der Waals surface area contributed by atoms with Crippen LogP contribution in [-0.4, -0.2) is 30.2 Å². The molecule has 0 atom stereocenters. The molecular formula is C18H20F2N2O3S. The average molecular weight is 382 g/mol. The molecule has 140 valence electrons. The molecule has 2 aromatic rings. The Morgan fingerprint density at radius 3 is 2.38 bits per heavy atom. The van der Waals surface area contributed by atoms with Crippen molar-refractivity contribution in [3.63, 3.8) is 0 Å². The quantitative estimate of drug-likeness (QED) is 0.852. The van der Waals surface area contributed by atoms with Crippen molar-refractivity contribution in [2.24, 2.45) is 0 Å². The Kier molecular flexibility index (Phi) is 5.09. The molecule has 1 aliphatic carbocycles. The summed E-state index contributed by atoms with van der Waals surface area (Å²) in [7, 11) is -3.72. The first kappa shape index (κ1) is 18.9. The second kappa shape index (κ2) is 7.02. The van der Waals surface area contributed by atoms with Gasteiger partial charge in [-0.05, 0) is 44.7 Å². The Morgan fingerprint density at radius 1 is 1.19 bits per heavy atom. The second-order valence-electron chi connectivity index (χ2n) is 6.90. The van der Waals surface area contributed by atoms with E-state index in [0.29, 0.717) is 31.2 Å². The van der Waals surface area contributed by atoms with E-state index < -0.39 is 27.3 Å². The summed E-state index contributed by atoms with van der Waals surface area (Å²) in [6, 6.07) is 6.10. The van der Waals surface area contributed by atoms with Crippen LogP contribution in [0, 0.1) is 11.6 Å². The van der Waals surface area contributed by atoms with Crippen molar-refractivity contribution < 1.29 is 22.3 Å². The summed E-state index contributed by atoms with van der Waals surface area (Å²) in [6.07, 6.45) is 3.11. The molecule has 2 N–H and O–H groups in total. The summed E-state index contributed by atoms with van der Waals surface area (Å²) in [5.41, 5.74) is -0.427. The summed E-state index contributed by atoms with van der Waals surface area (Å²) in [5.74, 6) is -1.59. The number of benzene rings is 1. The minimum Gasteiger partial charge on any atom is -0.390 e. The molecule has 0 bridgehead atoms. The molecule has 26 heavy (non-hydrogen) atoms. The van der Waals surface area contributed by atoms with Gasteiger partial charge < -0.3 is 5.11 Å². The van der Waals surface area contributed by atoms with Gasteiger partial charge in [-0.2, -0.15) is 0 Å². The second-order valence-corrected chi connectivity index (χ2v) is 8.61. The number of hydrogen-bond donors (Lipinski definition) is 2. The van der Waals surface area contributed by atoms with Gasteiger partial charge in [0.05, 0.1) is 16.7 Å². The van der Waals surface area contributed by atoms with Gasteiger partial charge in [0.1, 0.15) is 11.5 Å². The van der Waals surface area contributed by atoms with E-state index >= 15 is 0 Å². The van der Waals surface area contributed by atoms with Crippen molar-refractivity contribution in [3.05, 3.63) is 48.2 Å². The van der Waals surface area contributed by atoms with Gasteiger partial charge in [0.25, 0.3) is 0 Å². The summed E-state index contributed by atoms with van der Waals surface area (Å²) in [4.78, 5) is 3.76. The standard InChI is InChI=1S/C18H20F2N2O3S/c1-18(23)8-6-14(7-9-18)22-26(24,25)15-4-2-12(3-5-15)17-16(20)10-13(19)11-21-17/h2-5,10-11,14,22-23H,6-9H2,1H3/t14-,18+. The zero-order chi connectivity index (χ0) is 18.9. The van der Waals surface area contributed by atoms with Crippen LogP contribution in [0.5, 0.6) is 0 Å². The van der Waals surface area contributed by atoms with E-state index in [1.54, 1.807) is 6.92 Å². The highest BCUT2D eigenvalue weighted by atomic mass is 32.2. The SMILES string of the molecule is C[C@]1(O)CC[C@@H](NS(=O)(=O)c2ccc(-c3ncc(F)cc3F)cc2)CC1. The lowest BCUT2D eigenvalue weighted by Gasteiger charge is -2.33. The number of aliphatic hydroxyl groups is 1. The van der Waals surface area contributed by atoms with Crippen LogP contribution in [0.25, 0.3) is 11.3 Å². The Bertz CT molecular complexity index is 889. The van der Waals surface area contributed by atoms with Crippen molar-refractivity contribution in [2.75, 3.05) is 0 Å². The van der Waals surface area contributed by atoms with Crippen LogP contribution in [0.2, 0.25) is 0 Å². The molecule has 0 radical (unpaired) electrons. The van der Waals surface area contributed by atoms with Crippen LogP contribution in [-0.2, 0) is 10.0 Å². The smallest absolute Gasteiger partial charge is 0.240 e. The Hall–Kier alpha value is -1.90. The Morgan fingerprint density at radius 2 is 1.81 bits per heavy atom. The van der Waals surface area contributed by atoms with Crippen molar-refractivity contribution >= 4 is 10.0 Å². The first-order valence-electron chi connectivity index (χ1n) is 8.32. The number of hydrogen-bond acceptors (Lipinski definition) is 4. The van der Waals surface area contributed by atoms with Crippen LogP contribution < -0.4 is 4.72 Å². The fourth-order valence-electron chi connectivity index (χ4n) is 3.06. The van der Waals surface area contributed by atoms with Crippen molar-refractivity contribution in [3.8, 4) is 11.3 Å². The highest BCUT2D eigenvalue weighted by Crippen LogP contribution is 2.29. The number of nitrogens with one attached hydrogen (secondary N) is 1. The monoisotopic (exact) mass is 382 g/mol. The predicted molar refractivity (Wildman–Crippen MR) is 92.8 cm³/mol. The van der Waals surface area contributed by atoms with E-state index in [1.807, 2.05) is 0 Å². The van der Waals surface area contributed by atoms with E-state index in [4.69, 9.17) is 0 Å². The minimum atomic E-state index is -3.72. The molecule has 0 unspecified atom stereocenters. The van der Waals surface area contributed by atoms with E-state index in [2.05, 4.69) is 9.71 Å². The molecule has 1 heterocycles. The topological polar surface area (TPSA) is 79.3 Å². The van der Waals surface area contributed by atoms with E-state index in [0.717, 1.165) is 12.3 Å². The molecule has 3 rings (SSSR count). The zero-order valence-electron chi connectivity index (χ0n) is 14.2. The lowest BCUT2D eigenvalue weighted by molar-refractivity contribution is 0.0163. The molecule has 1 aromatic heterocycles. The third kappa shape index (κ3) is 4.25. The summed E-state index contributed by atoms with van der Waals surface area (Å²) in [6.45, 7) is 1.75. The minimum absolute atomic E-state index is 0.0437. The summed E-state index contributed by atoms with van der Waals surface area (Å²) < 4.78 is 54.4. The third-order valence-electron chi connectivity index (χ3n) is 4.63. The van der Waals surface area contributed by atoms with Gasteiger partial charge in [-0.1, -0.05) is 12.1 Å². The number of rotatable bonds is 4. The molecule has 0 amide bonds. The van der Waals surface area contributed by atoms with Gasteiger partial charge in [-0.15, -0.1) is 0 Å². The molecule has 0 saturated heterocycles. The van der Waals surface area contributed by atoms with Crippen LogP contribution in [0.3, 0.4) is 0 Å². The highest BCUT2D eigenvalue weighted by Gasteiger charge is 2.31. The van der Waals surface area contributed by atoms with E-state index in [9.17, 15) is 22.3 Å². The summed E-state index contributed by atoms with van der Waals surface area (Å²) >= 11 is 0. The van der Waals surface area contributed by atoms with Crippen molar-refractivity contribution in [1.29, 1.82) is 0 Å². The van der Waals surface area contributed by atoms with Crippen LogP contribution in [0.1, 0.15) is 32.6 Å². The summed E-state index contributed by atoms with van der Waals surface area (Å²) in [5, 5.41) is 9.95. The molecular weight excluding hydrogens is 362 g/mol. The van der Waals surface area contributed by atoms with Crippen LogP contribution in [0.15, 0.2) is 41.4 Å². The van der Waals surface area contributed by atoms with Gasteiger partial charge in [0.15, 0.2) is 5.82 Å².